The van der Waals surface area contributed by atoms with Gasteiger partial charge in [0, 0.05) is 16.7 Å². The third kappa shape index (κ3) is 2.92. The summed E-state index contributed by atoms with van der Waals surface area (Å²) in [6.45, 7) is 3.82. The van der Waals surface area contributed by atoms with Crippen LogP contribution in [0, 0.1) is 13.8 Å². The Kier molecular flexibility index (Phi) is 4.14. The van der Waals surface area contributed by atoms with Gasteiger partial charge in [0.25, 0.3) is 5.91 Å². The molecule has 0 bridgehead atoms. The van der Waals surface area contributed by atoms with Crippen LogP contribution in [0.15, 0.2) is 42.5 Å². The molecule has 0 aliphatic heterocycles. The molecule has 0 radical (unpaired) electrons. The quantitative estimate of drug-likeness (QED) is 0.857. The highest BCUT2D eigenvalue weighted by Gasteiger charge is 2.51. The summed E-state index contributed by atoms with van der Waals surface area (Å²) >= 11 is 0. The molecule has 0 atom stereocenters. The zero-order chi connectivity index (χ0) is 17.3. The van der Waals surface area contributed by atoms with E-state index in [-0.39, 0.29) is 11.7 Å². The van der Waals surface area contributed by atoms with Gasteiger partial charge in [-0.05, 0) is 38.8 Å². The molecule has 1 aliphatic carbocycles. The van der Waals surface area contributed by atoms with Gasteiger partial charge in [-0.1, -0.05) is 35.9 Å². The van der Waals surface area contributed by atoms with Gasteiger partial charge in [0.2, 0.25) is 0 Å². The highest BCUT2D eigenvalue weighted by molar-refractivity contribution is 6.09. The van der Waals surface area contributed by atoms with Crippen LogP contribution in [0.2, 0.25) is 0 Å². The monoisotopic (exact) mass is 323 g/mol. The predicted octanol–water partition coefficient (Wildman–Crippen LogP) is 3.46. The highest BCUT2D eigenvalue weighted by Crippen LogP contribution is 2.39. The summed E-state index contributed by atoms with van der Waals surface area (Å²) in [5.74, 6) is 0.415. The van der Waals surface area contributed by atoms with Crippen LogP contribution in [0.25, 0.3) is 0 Å². The van der Waals surface area contributed by atoms with E-state index in [0.29, 0.717) is 29.7 Å². The van der Waals surface area contributed by atoms with Crippen LogP contribution in [-0.2, 0) is 0 Å². The Labute approximate surface area is 141 Å². The van der Waals surface area contributed by atoms with E-state index in [2.05, 4.69) is 5.32 Å². The van der Waals surface area contributed by atoms with Gasteiger partial charge >= 0.3 is 0 Å². The number of rotatable bonds is 5. The van der Waals surface area contributed by atoms with Crippen LogP contribution >= 0.6 is 0 Å². The first kappa shape index (κ1) is 16.2. The van der Waals surface area contributed by atoms with Crippen molar-refractivity contribution in [3.05, 3.63) is 64.7 Å². The number of hydrogen-bond donors (Lipinski definition) is 1. The van der Waals surface area contributed by atoms with Crippen molar-refractivity contribution in [1.29, 1.82) is 0 Å². The lowest BCUT2D eigenvalue weighted by Gasteiger charge is -2.18. The normalized spacial score (nSPS) is 14.8. The molecule has 124 valence electrons. The third-order valence-electron chi connectivity index (χ3n) is 4.60. The molecule has 0 aromatic heterocycles. The summed E-state index contributed by atoms with van der Waals surface area (Å²) in [6.07, 6.45) is 1.35. The van der Waals surface area contributed by atoms with Crippen LogP contribution in [0.3, 0.4) is 0 Å². The van der Waals surface area contributed by atoms with Gasteiger partial charge in [0.05, 0.1) is 7.11 Å². The summed E-state index contributed by atoms with van der Waals surface area (Å²) in [7, 11) is 1.58. The fourth-order valence-electron chi connectivity index (χ4n) is 2.88. The van der Waals surface area contributed by atoms with Crippen LogP contribution in [0.4, 0.5) is 0 Å². The van der Waals surface area contributed by atoms with Gasteiger partial charge in [0.15, 0.2) is 5.78 Å². The summed E-state index contributed by atoms with van der Waals surface area (Å²) in [4.78, 5) is 25.4. The Balaban J connectivity index is 1.81. The molecule has 3 rings (SSSR count). The second-order valence-corrected chi connectivity index (χ2v) is 6.36. The molecule has 1 fully saturated rings. The first-order valence-electron chi connectivity index (χ1n) is 8.04. The number of carbonyl (C=O) groups is 2. The summed E-state index contributed by atoms with van der Waals surface area (Å²) < 4.78 is 5.26. The number of carbonyl (C=O) groups excluding carboxylic acids is 2. The molecular formula is C20H21NO3. The number of ether oxygens (including phenoxy) is 1. The number of Topliss-reactive ketones (excluding diaryl/α,β-unsaturated/α-hetero) is 1. The van der Waals surface area contributed by atoms with Crippen LogP contribution in [-0.4, -0.2) is 24.3 Å². The Morgan fingerprint density at radius 2 is 1.71 bits per heavy atom. The van der Waals surface area contributed by atoms with Crippen LogP contribution in [0.5, 0.6) is 5.75 Å². The Morgan fingerprint density at radius 3 is 2.29 bits per heavy atom. The van der Waals surface area contributed by atoms with Crippen molar-refractivity contribution in [3.63, 3.8) is 0 Å². The van der Waals surface area contributed by atoms with E-state index in [0.717, 1.165) is 11.1 Å². The molecule has 4 nitrogen and oxygen atoms in total. The zero-order valence-electron chi connectivity index (χ0n) is 14.2. The molecule has 0 heterocycles. The van der Waals surface area contributed by atoms with E-state index in [4.69, 9.17) is 4.74 Å². The minimum Gasteiger partial charge on any atom is -0.496 e. The van der Waals surface area contributed by atoms with Crippen molar-refractivity contribution in [2.75, 3.05) is 7.11 Å². The summed E-state index contributed by atoms with van der Waals surface area (Å²) in [6, 6.07) is 12.8. The molecule has 0 spiro atoms. The molecule has 1 saturated carbocycles. The number of aryl methyl sites for hydroxylation is 1. The molecule has 4 heteroatoms. The SMILES string of the molecule is COc1cccc(C(=O)NC2(C(=O)c3ccc(C)cc3)CC2)c1C. The third-order valence-corrected chi connectivity index (χ3v) is 4.60. The standard InChI is InChI=1S/C20H21NO3/c1-13-7-9-15(10-8-13)18(22)20(11-12-20)21-19(23)16-5-4-6-17(24-3)14(16)2/h4-10H,11-12H2,1-3H3,(H,21,23). The lowest BCUT2D eigenvalue weighted by atomic mass is 10.00. The van der Waals surface area contributed by atoms with E-state index in [1.54, 1.807) is 19.2 Å². The number of nitrogens with one attached hydrogen (secondary N) is 1. The molecule has 1 N–H and O–H groups in total. The van der Waals surface area contributed by atoms with Crippen molar-refractivity contribution in [3.8, 4) is 5.75 Å². The number of benzene rings is 2. The van der Waals surface area contributed by atoms with Crippen LogP contribution < -0.4 is 10.1 Å². The van der Waals surface area contributed by atoms with Gasteiger partial charge in [-0.15, -0.1) is 0 Å². The van der Waals surface area contributed by atoms with E-state index in [1.165, 1.54) is 0 Å². The second-order valence-electron chi connectivity index (χ2n) is 6.36. The first-order valence-corrected chi connectivity index (χ1v) is 8.04. The van der Waals surface area contributed by atoms with Crippen molar-refractivity contribution >= 4 is 11.7 Å². The highest BCUT2D eigenvalue weighted by atomic mass is 16.5. The van der Waals surface area contributed by atoms with Crippen molar-refractivity contribution < 1.29 is 14.3 Å². The van der Waals surface area contributed by atoms with E-state index >= 15 is 0 Å². The fraction of sp³-hybridized carbons (Fsp3) is 0.300. The molecule has 0 unspecified atom stereocenters. The second kappa shape index (κ2) is 6.11. The predicted molar refractivity (Wildman–Crippen MR) is 92.7 cm³/mol. The minimum atomic E-state index is -0.762. The molecular weight excluding hydrogens is 302 g/mol. The number of hydrogen-bond acceptors (Lipinski definition) is 3. The maximum atomic E-state index is 12.8. The van der Waals surface area contributed by atoms with Gasteiger partial charge < -0.3 is 10.1 Å². The fourth-order valence-corrected chi connectivity index (χ4v) is 2.88. The first-order chi connectivity index (χ1) is 11.5. The zero-order valence-corrected chi connectivity index (χ0v) is 14.2. The Hall–Kier alpha value is -2.62. The van der Waals surface area contributed by atoms with E-state index < -0.39 is 5.54 Å². The van der Waals surface area contributed by atoms with Crippen LogP contribution in [0.1, 0.15) is 44.7 Å². The minimum absolute atomic E-state index is 0.0172. The number of ketones is 1. The Bertz CT molecular complexity index is 789. The largest absolute Gasteiger partial charge is 0.496 e. The van der Waals surface area contributed by atoms with Crippen molar-refractivity contribution in [2.45, 2.75) is 32.2 Å². The molecule has 1 aliphatic rings. The topological polar surface area (TPSA) is 55.4 Å². The van der Waals surface area contributed by atoms with Crippen molar-refractivity contribution in [1.82, 2.24) is 5.32 Å². The van der Waals surface area contributed by atoms with E-state index in [9.17, 15) is 9.59 Å². The van der Waals surface area contributed by atoms with Gasteiger partial charge in [-0.3, -0.25) is 9.59 Å². The van der Waals surface area contributed by atoms with Gasteiger partial charge in [-0.2, -0.15) is 0 Å². The average Bonchev–Trinajstić information content (AvgIpc) is 3.35. The smallest absolute Gasteiger partial charge is 0.252 e. The molecule has 2 aromatic carbocycles. The maximum absolute atomic E-state index is 12.8. The maximum Gasteiger partial charge on any atom is 0.252 e. The number of amides is 1. The van der Waals surface area contributed by atoms with Crippen molar-refractivity contribution in [2.24, 2.45) is 0 Å². The molecule has 2 aromatic rings. The number of methoxy groups -OCH3 is 1. The van der Waals surface area contributed by atoms with E-state index in [1.807, 2.05) is 44.2 Å². The molecule has 24 heavy (non-hydrogen) atoms. The summed E-state index contributed by atoms with van der Waals surface area (Å²) in [5, 5.41) is 2.94. The average molecular weight is 323 g/mol. The summed E-state index contributed by atoms with van der Waals surface area (Å²) in [5.41, 5.74) is 2.30. The lowest BCUT2D eigenvalue weighted by molar-refractivity contribution is 0.0842. The van der Waals surface area contributed by atoms with Gasteiger partial charge in [-0.25, -0.2) is 0 Å². The Morgan fingerprint density at radius 1 is 1.04 bits per heavy atom. The lowest BCUT2D eigenvalue weighted by Crippen LogP contribution is -2.43. The van der Waals surface area contributed by atoms with Gasteiger partial charge in [0.1, 0.15) is 11.3 Å². The molecule has 0 saturated heterocycles. The molecule has 1 amide bonds.